The van der Waals surface area contributed by atoms with Gasteiger partial charge in [-0.2, -0.15) is 0 Å². The zero-order valence-electron chi connectivity index (χ0n) is 23.1. The first kappa shape index (κ1) is 28.0. The van der Waals surface area contributed by atoms with Crippen LogP contribution in [0.4, 0.5) is 0 Å². The van der Waals surface area contributed by atoms with Crippen LogP contribution in [0.5, 0.6) is 5.75 Å². The summed E-state index contributed by atoms with van der Waals surface area (Å²) in [4.78, 5) is 35.3. The number of amides is 1. The molecule has 0 saturated carbocycles. The molecule has 0 spiro atoms. The number of fused-ring (bicyclic) bond motifs is 1. The molecule has 3 aliphatic rings. The minimum Gasteiger partial charge on any atom is -0.489 e. The van der Waals surface area contributed by atoms with Crippen molar-refractivity contribution < 1.29 is 19.1 Å². The summed E-state index contributed by atoms with van der Waals surface area (Å²) in [6.07, 6.45) is 2.65. The van der Waals surface area contributed by atoms with Gasteiger partial charge < -0.3 is 24.6 Å². The monoisotopic (exact) mass is 560 g/mol. The van der Waals surface area contributed by atoms with Gasteiger partial charge in [0.25, 0.3) is 0 Å². The lowest BCUT2D eigenvalue weighted by molar-refractivity contribution is -0.139. The van der Waals surface area contributed by atoms with Gasteiger partial charge in [-0.15, -0.1) is 0 Å². The molecule has 3 heterocycles. The second-order valence-electron chi connectivity index (χ2n) is 10.0. The summed E-state index contributed by atoms with van der Waals surface area (Å²) in [6.45, 7) is 8.01. The van der Waals surface area contributed by atoms with E-state index in [9.17, 15) is 9.59 Å². The average Bonchev–Trinajstić information content (AvgIpc) is 3.62. The Hall–Kier alpha value is -3.56. The van der Waals surface area contributed by atoms with Crippen LogP contribution in [0.2, 0.25) is 0 Å². The number of aliphatic imine (C=N–C) groups is 1. The van der Waals surface area contributed by atoms with Crippen LogP contribution in [0.15, 0.2) is 82.0 Å². The molecule has 0 unspecified atom stereocenters. The summed E-state index contributed by atoms with van der Waals surface area (Å²) >= 11 is 1.47. The Morgan fingerprint density at radius 1 is 1.10 bits per heavy atom. The Labute approximate surface area is 240 Å². The van der Waals surface area contributed by atoms with Crippen LogP contribution in [0.3, 0.4) is 0 Å². The number of esters is 1. The van der Waals surface area contributed by atoms with Crippen molar-refractivity contribution in [3.05, 3.63) is 88.1 Å². The van der Waals surface area contributed by atoms with Crippen LogP contribution in [-0.2, 0) is 20.9 Å². The maximum atomic E-state index is 13.3. The van der Waals surface area contributed by atoms with Gasteiger partial charge in [-0.3, -0.25) is 4.79 Å². The molecule has 1 fully saturated rings. The molecule has 1 atom stereocenters. The highest BCUT2D eigenvalue weighted by molar-refractivity contribution is 8.16. The highest BCUT2D eigenvalue weighted by atomic mass is 32.2. The number of hydrogen-bond donors (Lipinski definition) is 1. The van der Waals surface area contributed by atoms with Gasteiger partial charge in [0.05, 0.1) is 30.3 Å². The first-order valence-corrected chi connectivity index (χ1v) is 14.8. The van der Waals surface area contributed by atoms with E-state index in [-0.39, 0.29) is 18.9 Å². The van der Waals surface area contributed by atoms with Gasteiger partial charge in [0.2, 0.25) is 5.91 Å². The van der Waals surface area contributed by atoms with Crippen LogP contribution in [-0.4, -0.2) is 59.6 Å². The Morgan fingerprint density at radius 3 is 2.67 bits per heavy atom. The third-order valence-corrected chi connectivity index (χ3v) is 8.10. The van der Waals surface area contributed by atoms with Gasteiger partial charge in [0.1, 0.15) is 12.4 Å². The smallest absolute Gasteiger partial charge is 0.338 e. The van der Waals surface area contributed by atoms with E-state index in [1.807, 2.05) is 71.8 Å². The van der Waals surface area contributed by atoms with E-state index in [1.54, 1.807) is 6.92 Å². The van der Waals surface area contributed by atoms with E-state index >= 15 is 0 Å². The van der Waals surface area contributed by atoms with Crippen molar-refractivity contribution in [1.29, 1.82) is 0 Å². The molecule has 3 aliphatic heterocycles. The summed E-state index contributed by atoms with van der Waals surface area (Å²) in [5.41, 5.74) is 3.82. The molecule has 9 heteroatoms. The third kappa shape index (κ3) is 6.59. The molecule has 2 aromatic carbocycles. The van der Waals surface area contributed by atoms with E-state index in [0.717, 1.165) is 41.6 Å². The molecule has 5 rings (SSSR count). The van der Waals surface area contributed by atoms with E-state index in [4.69, 9.17) is 14.5 Å². The maximum absolute atomic E-state index is 13.3. The number of benzene rings is 2. The van der Waals surface area contributed by atoms with E-state index in [1.165, 1.54) is 24.6 Å². The van der Waals surface area contributed by atoms with Gasteiger partial charge in [0.15, 0.2) is 5.17 Å². The van der Waals surface area contributed by atoms with Gasteiger partial charge in [-0.25, -0.2) is 9.79 Å². The summed E-state index contributed by atoms with van der Waals surface area (Å²) in [6, 6.07) is 17.3. The molecular weight excluding hydrogens is 524 g/mol. The number of amidine groups is 1. The van der Waals surface area contributed by atoms with Crippen LogP contribution in [0.25, 0.3) is 0 Å². The van der Waals surface area contributed by atoms with Crippen molar-refractivity contribution in [1.82, 2.24) is 15.1 Å². The molecule has 40 heavy (non-hydrogen) atoms. The van der Waals surface area contributed by atoms with Gasteiger partial charge in [-0.1, -0.05) is 54.2 Å². The second-order valence-corrected chi connectivity index (χ2v) is 10.9. The average molecular weight is 561 g/mol. The van der Waals surface area contributed by atoms with Crippen molar-refractivity contribution in [2.75, 3.05) is 32.8 Å². The predicted octanol–water partition coefficient (Wildman–Crippen LogP) is 5.01. The number of likely N-dealkylation sites (tertiary alicyclic amines) is 1. The largest absolute Gasteiger partial charge is 0.489 e. The molecule has 0 aromatic heterocycles. The quantitative estimate of drug-likeness (QED) is 0.387. The fraction of sp³-hybridized carbons (Fsp3) is 0.387. The first-order chi connectivity index (χ1) is 19.5. The second kappa shape index (κ2) is 13.2. The maximum Gasteiger partial charge on any atom is 0.338 e. The number of rotatable bonds is 11. The predicted molar refractivity (Wildman–Crippen MR) is 158 cm³/mol. The molecule has 0 radical (unpaired) electrons. The molecule has 1 N–H and O–H groups in total. The summed E-state index contributed by atoms with van der Waals surface area (Å²) < 4.78 is 11.6. The zero-order valence-corrected chi connectivity index (χ0v) is 23.9. The highest BCUT2D eigenvalue weighted by Gasteiger charge is 2.41. The number of carbonyl (C=O) groups is 2. The van der Waals surface area contributed by atoms with Crippen LogP contribution < -0.4 is 10.1 Å². The van der Waals surface area contributed by atoms with Crippen molar-refractivity contribution in [2.24, 2.45) is 4.99 Å². The van der Waals surface area contributed by atoms with Crippen LogP contribution in [0, 0.1) is 0 Å². The van der Waals surface area contributed by atoms with Crippen molar-refractivity contribution in [3.63, 3.8) is 0 Å². The Morgan fingerprint density at radius 2 is 1.90 bits per heavy atom. The molecule has 0 aliphatic carbocycles. The standard InChI is InChI=1S/C31H36N4O4S/c1-3-38-30(37)28-22(2)33-31-35(25(21-40-31)19-27(36)32-14-17-34-15-7-8-16-34)29(28)24-12-9-13-26(18-24)39-20-23-10-5-4-6-11-23/h4-6,9-13,18,21,29H,3,7-8,14-17,19-20H2,1-2H3,(H,32,36)/t29-/m0/s1. The Balaban J connectivity index is 1.37. The number of thioether (sulfide) groups is 1. The number of nitrogens with one attached hydrogen (secondary N) is 1. The highest BCUT2D eigenvalue weighted by Crippen LogP contribution is 2.45. The summed E-state index contributed by atoms with van der Waals surface area (Å²) in [5.74, 6) is 0.244. The topological polar surface area (TPSA) is 83.5 Å². The molecular formula is C31H36N4O4S. The van der Waals surface area contributed by atoms with Crippen molar-refractivity contribution >= 4 is 28.8 Å². The van der Waals surface area contributed by atoms with E-state index in [0.29, 0.717) is 30.2 Å². The van der Waals surface area contributed by atoms with Crippen LogP contribution in [0.1, 0.15) is 50.3 Å². The van der Waals surface area contributed by atoms with Gasteiger partial charge in [-0.05, 0) is 68.4 Å². The number of ether oxygens (including phenoxy) is 2. The minimum atomic E-state index is -0.495. The molecule has 1 amide bonds. The Bertz CT molecular complexity index is 1320. The van der Waals surface area contributed by atoms with Gasteiger partial charge >= 0.3 is 5.97 Å². The van der Waals surface area contributed by atoms with E-state index in [2.05, 4.69) is 10.2 Å². The summed E-state index contributed by atoms with van der Waals surface area (Å²) in [7, 11) is 0. The zero-order chi connectivity index (χ0) is 27.9. The van der Waals surface area contributed by atoms with Crippen LogP contribution >= 0.6 is 11.8 Å². The lowest BCUT2D eigenvalue weighted by atomic mass is 9.93. The van der Waals surface area contributed by atoms with Gasteiger partial charge in [0, 0.05) is 18.8 Å². The number of carbonyl (C=O) groups excluding carboxylic acids is 2. The molecule has 2 aromatic rings. The molecule has 0 bridgehead atoms. The number of hydrogen-bond acceptors (Lipinski definition) is 8. The lowest BCUT2D eigenvalue weighted by Gasteiger charge is -2.36. The minimum absolute atomic E-state index is 0.0463. The Kier molecular flexibility index (Phi) is 9.23. The molecule has 8 nitrogen and oxygen atoms in total. The van der Waals surface area contributed by atoms with E-state index < -0.39 is 12.0 Å². The summed E-state index contributed by atoms with van der Waals surface area (Å²) in [5, 5.41) is 5.77. The third-order valence-electron chi connectivity index (χ3n) is 7.21. The van der Waals surface area contributed by atoms with Crippen molar-refractivity contribution in [2.45, 2.75) is 45.8 Å². The first-order valence-electron chi connectivity index (χ1n) is 13.9. The fourth-order valence-corrected chi connectivity index (χ4v) is 6.22. The molecule has 1 saturated heterocycles. The number of allylic oxidation sites excluding steroid dienone is 1. The fourth-order valence-electron chi connectivity index (χ4n) is 5.26. The van der Waals surface area contributed by atoms with Crippen molar-refractivity contribution in [3.8, 4) is 5.75 Å². The molecule has 210 valence electrons. The normalized spacial score (nSPS) is 18.8. The number of nitrogens with zero attached hydrogens (tertiary/aromatic N) is 3. The SMILES string of the molecule is CCOC(=O)C1=C(C)N=C2SC=C(CC(=O)NCCN3CCCC3)N2[C@H]1c1cccc(OCc2ccccc2)c1. The lowest BCUT2D eigenvalue weighted by Crippen LogP contribution is -2.39.